The topological polar surface area (TPSA) is 116 Å². The number of imide groups is 1. The van der Waals surface area contributed by atoms with Crippen LogP contribution in [0.5, 0.6) is 0 Å². The lowest BCUT2D eigenvalue weighted by Gasteiger charge is -2.20. The van der Waals surface area contributed by atoms with Gasteiger partial charge in [0, 0.05) is 18.8 Å². The molecule has 24 heavy (non-hydrogen) atoms. The van der Waals surface area contributed by atoms with Crippen molar-refractivity contribution in [2.45, 2.75) is 24.9 Å². The molecule has 2 unspecified atom stereocenters. The van der Waals surface area contributed by atoms with E-state index in [1.807, 2.05) is 30.3 Å². The zero-order valence-corrected chi connectivity index (χ0v) is 12.8. The van der Waals surface area contributed by atoms with Crippen LogP contribution < -0.4 is 16.0 Å². The summed E-state index contributed by atoms with van der Waals surface area (Å²) < 4.78 is 0. The van der Waals surface area contributed by atoms with Crippen LogP contribution in [-0.4, -0.2) is 33.9 Å². The lowest BCUT2D eigenvalue weighted by molar-refractivity contribution is -0.125. The molecule has 0 bridgehead atoms. The second-order valence-corrected chi connectivity index (χ2v) is 5.49. The van der Waals surface area contributed by atoms with Crippen molar-refractivity contribution in [2.24, 2.45) is 0 Å². The predicted molar refractivity (Wildman–Crippen MR) is 84.7 cm³/mol. The Hall–Kier alpha value is -3.16. The average molecular weight is 327 g/mol. The lowest BCUT2D eigenvalue weighted by atomic mass is 10.0. The normalized spacial score (nSPS) is 18.1. The van der Waals surface area contributed by atoms with E-state index in [0.717, 1.165) is 11.4 Å². The molecular formula is C16H17N5O3. The number of imidazole rings is 1. The molecule has 8 heteroatoms. The molecule has 0 radical (unpaired) electrons. The van der Waals surface area contributed by atoms with E-state index in [0.29, 0.717) is 6.42 Å². The van der Waals surface area contributed by atoms with Crippen LogP contribution in [0.1, 0.15) is 23.9 Å². The summed E-state index contributed by atoms with van der Waals surface area (Å²) >= 11 is 0. The molecular weight excluding hydrogens is 310 g/mol. The standard InChI is InChI=1S/C16H17N5O3/c22-14-9-12(15(23)21-14)20-16(24)19-11(8-13-17-6-7-18-13)10-4-2-1-3-5-10/h1-7,11-12H,8-9H2,(H,17,18)(H2,19,20,24)(H,21,22,23). The molecule has 0 aliphatic carbocycles. The highest BCUT2D eigenvalue weighted by atomic mass is 16.2. The summed E-state index contributed by atoms with van der Waals surface area (Å²) in [6, 6.07) is 7.79. The van der Waals surface area contributed by atoms with Crippen LogP contribution in [0.15, 0.2) is 42.7 Å². The van der Waals surface area contributed by atoms with E-state index >= 15 is 0 Å². The Balaban J connectivity index is 1.68. The number of carbonyl (C=O) groups is 3. The van der Waals surface area contributed by atoms with Gasteiger partial charge < -0.3 is 15.6 Å². The first-order chi connectivity index (χ1) is 11.6. The number of nitrogens with zero attached hydrogens (tertiary/aromatic N) is 1. The van der Waals surface area contributed by atoms with Crippen LogP contribution in [0.25, 0.3) is 0 Å². The molecule has 3 rings (SSSR count). The van der Waals surface area contributed by atoms with E-state index in [2.05, 4.69) is 25.9 Å². The average Bonchev–Trinajstić information content (AvgIpc) is 3.17. The summed E-state index contributed by atoms with van der Waals surface area (Å²) in [5.41, 5.74) is 0.913. The molecule has 124 valence electrons. The number of hydrogen-bond acceptors (Lipinski definition) is 4. The third kappa shape index (κ3) is 3.78. The monoisotopic (exact) mass is 327 g/mol. The highest BCUT2D eigenvalue weighted by molar-refractivity contribution is 6.06. The number of nitrogens with one attached hydrogen (secondary N) is 4. The van der Waals surface area contributed by atoms with E-state index in [9.17, 15) is 14.4 Å². The van der Waals surface area contributed by atoms with Gasteiger partial charge in [0.1, 0.15) is 11.9 Å². The first-order valence-electron chi connectivity index (χ1n) is 7.56. The SMILES string of the molecule is O=C1CC(NC(=O)NC(Cc2ncc[nH]2)c2ccccc2)C(=O)N1. The van der Waals surface area contributed by atoms with Crippen LogP contribution in [0.3, 0.4) is 0 Å². The van der Waals surface area contributed by atoms with E-state index < -0.39 is 18.0 Å². The zero-order valence-electron chi connectivity index (χ0n) is 12.8. The first kappa shape index (κ1) is 15.7. The van der Waals surface area contributed by atoms with Crippen LogP contribution in [0.4, 0.5) is 4.79 Å². The van der Waals surface area contributed by atoms with Gasteiger partial charge in [-0.2, -0.15) is 0 Å². The molecule has 1 aliphatic heterocycles. The van der Waals surface area contributed by atoms with Crippen molar-refractivity contribution < 1.29 is 14.4 Å². The fourth-order valence-corrected chi connectivity index (χ4v) is 2.57. The van der Waals surface area contributed by atoms with Crippen molar-refractivity contribution in [3.8, 4) is 0 Å². The number of carbonyl (C=O) groups excluding carboxylic acids is 3. The van der Waals surface area contributed by atoms with Gasteiger partial charge in [0.15, 0.2) is 0 Å². The van der Waals surface area contributed by atoms with E-state index in [4.69, 9.17) is 0 Å². The van der Waals surface area contributed by atoms with Crippen LogP contribution in [-0.2, 0) is 16.0 Å². The second-order valence-electron chi connectivity index (χ2n) is 5.49. The van der Waals surface area contributed by atoms with Gasteiger partial charge in [-0.3, -0.25) is 14.9 Å². The molecule has 0 saturated carbocycles. The highest BCUT2D eigenvalue weighted by Gasteiger charge is 2.32. The third-order valence-electron chi connectivity index (χ3n) is 3.73. The summed E-state index contributed by atoms with van der Waals surface area (Å²) in [6.07, 6.45) is 3.79. The fraction of sp³-hybridized carbons (Fsp3) is 0.250. The van der Waals surface area contributed by atoms with Gasteiger partial charge in [0.25, 0.3) is 0 Å². The Morgan fingerprint density at radius 3 is 2.71 bits per heavy atom. The van der Waals surface area contributed by atoms with Crippen molar-refractivity contribution >= 4 is 17.8 Å². The van der Waals surface area contributed by atoms with Crippen molar-refractivity contribution in [2.75, 3.05) is 0 Å². The van der Waals surface area contributed by atoms with Gasteiger partial charge in [-0.25, -0.2) is 9.78 Å². The minimum atomic E-state index is -0.836. The molecule has 1 aliphatic rings. The molecule has 2 aromatic rings. The number of H-pyrrole nitrogens is 1. The summed E-state index contributed by atoms with van der Waals surface area (Å²) in [5.74, 6) is -0.143. The van der Waals surface area contributed by atoms with Gasteiger partial charge in [-0.1, -0.05) is 30.3 Å². The van der Waals surface area contributed by atoms with E-state index in [1.54, 1.807) is 12.4 Å². The molecule has 0 spiro atoms. The number of rotatable bonds is 5. The summed E-state index contributed by atoms with van der Waals surface area (Å²) in [7, 11) is 0. The number of aromatic nitrogens is 2. The van der Waals surface area contributed by atoms with Gasteiger partial charge in [0.2, 0.25) is 11.8 Å². The number of benzene rings is 1. The van der Waals surface area contributed by atoms with Crippen molar-refractivity contribution in [1.29, 1.82) is 0 Å². The van der Waals surface area contributed by atoms with Gasteiger partial charge in [0.05, 0.1) is 12.5 Å². The van der Waals surface area contributed by atoms with Crippen LogP contribution in [0, 0.1) is 0 Å². The third-order valence-corrected chi connectivity index (χ3v) is 3.73. The molecule has 4 N–H and O–H groups in total. The van der Waals surface area contributed by atoms with Crippen molar-refractivity contribution in [3.63, 3.8) is 0 Å². The molecule has 8 nitrogen and oxygen atoms in total. The number of amides is 4. The molecule has 4 amide bonds. The quantitative estimate of drug-likeness (QED) is 0.595. The zero-order chi connectivity index (χ0) is 16.9. The van der Waals surface area contributed by atoms with Crippen molar-refractivity contribution in [1.82, 2.24) is 25.9 Å². The smallest absolute Gasteiger partial charge is 0.315 e. The van der Waals surface area contributed by atoms with Gasteiger partial charge >= 0.3 is 6.03 Å². The summed E-state index contributed by atoms with van der Waals surface area (Å²) in [4.78, 5) is 42.1. The summed E-state index contributed by atoms with van der Waals surface area (Å²) in [6.45, 7) is 0. The van der Waals surface area contributed by atoms with Crippen LogP contribution in [0.2, 0.25) is 0 Å². The fourth-order valence-electron chi connectivity index (χ4n) is 2.57. The Kier molecular flexibility index (Phi) is 4.55. The molecule has 1 aromatic carbocycles. The Morgan fingerprint density at radius 2 is 2.08 bits per heavy atom. The highest BCUT2D eigenvalue weighted by Crippen LogP contribution is 2.16. The first-order valence-corrected chi connectivity index (χ1v) is 7.56. The maximum atomic E-state index is 12.2. The van der Waals surface area contributed by atoms with E-state index in [-0.39, 0.29) is 18.4 Å². The Morgan fingerprint density at radius 1 is 1.29 bits per heavy atom. The lowest BCUT2D eigenvalue weighted by Crippen LogP contribution is -2.46. The van der Waals surface area contributed by atoms with Crippen LogP contribution >= 0.6 is 0 Å². The Bertz CT molecular complexity index is 729. The number of urea groups is 1. The van der Waals surface area contributed by atoms with E-state index in [1.165, 1.54) is 0 Å². The minimum Gasteiger partial charge on any atom is -0.349 e. The second kappa shape index (κ2) is 6.95. The van der Waals surface area contributed by atoms with Gasteiger partial charge in [-0.15, -0.1) is 0 Å². The maximum Gasteiger partial charge on any atom is 0.315 e. The minimum absolute atomic E-state index is 0.0412. The van der Waals surface area contributed by atoms with Gasteiger partial charge in [-0.05, 0) is 5.56 Å². The molecule has 1 fully saturated rings. The molecule has 1 aromatic heterocycles. The maximum absolute atomic E-state index is 12.2. The van der Waals surface area contributed by atoms with Crippen molar-refractivity contribution in [3.05, 3.63) is 54.1 Å². The number of aromatic amines is 1. The largest absolute Gasteiger partial charge is 0.349 e. The predicted octanol–water partition coefficient (Wildman–Crippen LogP) is 0.408. The molecule has 2 heterocycles. The summed E-state index contributed by atoms with van der Waals surface area (Å²) in [5, 5.41) is 7.52. The molecule has 1 saturated heterocycles. The number of hydrogen-bond donors (Lipinski definition) is 4. The molecule has 2 atom stereocenters. The Labute approximate surface area is 138 Å².